The van der Waals surface area contributed by atoms with Crippen LogP contribution in [0.4, 0.5) is 0 Å². The monoisotopic (exact) mass is 425 g/mol. The van der Waals surface area contributed by atoms with Crippen molar-refractivity contribution >= 4 is 27.5 Å². The molecular weight excluding hydrogens is 398 g/mol. The first-order chi connectivity index (χ1) is 13.4. The Morgan fingerprint density at radius 1 is 1.18 bits per heavy atom. The average Bonchev–Trinajstić information content (AvgIpc) is 3.50. The summed E-state index contributed by atoms with van der Waals surface area (Å²) in [6.07, 6.45) is 4.10. The summed E-state index contributed by atoms with van der Waals surface area (Å²) in [5, 5.41) is 3.83. The van der Waals surface area contributed by atoms with Gasteiger partial charge in [0.2, 0.25) is 15.9 Å². The lowest BCUT2D eigenvalue weighted by Crippen LogP contribution is -2.58. The van der Waals surface area contributed by atoms with Crippen molar-refractivity contribution in [3.8, 4) is 0 Å². The third-order valence-corrected chi connectivity index (χ3v) is 8.66. The van der Waals surface area contributed by atoms with Crippen molar-refractivity contribution in [1.82, 2.24) is 14.5 Å². The molecule has 3 fully saturated rings. The van der Waals surface area contributed by atoms with Crippen molar-refractivity contribution in [2.75, 3.05) is 26.2 Å². The van der Waals surface area contributed by atoms with Crippen LogP contribution in [0.5, 0.6) is 0 Å². The fourth-order valence-electron chi connectivity index (χ4n) is 4.74. The first-order valence-electron chi connectivity index (χ1n) is 10.2. The molecule has 28 heavy (non-hydrogen) atoms. The van der Waals surface area contributed by atoms with Gasteiger partial charge in [-0.25, -0.2) is 8.42 Å². The van der Waals surface area contributed by atoms with Gasteiger partial charge >= 0.3 is 0 Å². The molecule has 2 heterocycles. The van der Waals surface area contributed by atoms with Gasteiger partial charge in [0.15, 0.2) is 0 Å². The van der Waals surface area contributed by atoms with E-state index >= 15 is 0 Å². The van der Waals surface area contributed by atoms with E-state index in [1.165, 1.54) is 0 Å². The van der Waals surface area contributed by atoms with Crippen LogP contribution in [-0.2, 0) is 14.8 Å². The highest BCUT2D eigenvalue weighted by Crippen LogP contribution is 2.55. The normalized spacial score (nSPS) is 28.1. The number of nitrogens with zero attached hydrogens (tertiary/aromatic N) is 2. The molecule has 1 unspecified atom stereocenters. The first kappa shape index (κ1) is 20.1. The Balaban J connectivity index is 1.63. The molecule has 8 heteroatoms. The number of piperidine rings is 1. The minimum Gasteiger partial charge on any atom is -0.337 e. The topological polar surface area (TPSA) is 69.7 Å². The van der Waals surface area contributed by atoms with Crippen LogP contribution in [0.1, 0.15) is 39.0 Å². The number of rotatable bonds is 4. The molecule has 1 saturated carbocycles. The maximum Gasteiger partial charge on any atom is 0.243 e. The molecule has 0 spiro atoms. The molecular formula is C20H28ClN3O3S. The molecule has 1 aromatic rings. The van der Waals surface area contributed by atoms with Gasteiger partial charge in [-0.1, -0.05) is 18.0 Å². The first-order valence-corrected chi connectivity index (χ1v) is 12.0. The van der Waals surface area contributed by atoms with E-state index in [-0.39, 0.29) is 22.9 Å². The van der Waals surface area contributed by atoms with Crippen LogP contribution in [0, 0.1) is 5.41 Å². The molecule has 1 N–H and O–H groups in total. The number of benzene rings is 1. The van der Waals surface area contributed by atoms with Crippen LogP contribution in [0.3, 0.4) is 0 Å². The van der Waals surface area contributed by atoms with Crippen molar-refractivity contribution in [3.63, 3.8) is 0 Å². The number of hydrogen-bond acceptors (Lipinski definition) is 4. The zero-order valence-electron chi connectivity index (χ0n) is 16.2. The molecule has 154 valence electrons. The Hall–Kier alpha value is -1.15. The summed E-state index contributed by atoms with van der Waals surface area (Å²) in [5.74, 6) is 0.143. The molecule has 3 aliphatic rings. The predicted molar refractivity (Wildman–Crippen MR) is 109 cm³/mol. The zero-order valence-corrected chi connectivity index (χ0v) is 17.8. The van der Waals surface area contributed by atoms with E-state index in [0.717, 1.165) is 45.2 Å². The van der Waals surface area contributed by atoms with Gasteiger partial charge < -0.3 is 10.2 Å². The number of amides is 1. The number of hydrogen-bond donors (Lipinski definition) is 1. The highest BCUT2D eigenvalue weighted by Gasteiger charge is 2.61. The number of piperazine rings is 1. The predicted octanol–water partition coefficient (Wildman–Crippen LogP) is 2.48. The Morgan fingerprint density at radius 2 is 1.89 bits per heavy atom. The van der Waals surface area contributed by atoms with E-state index in [2.05, 4.69) is 12.2 Å². The number of carbonyl (C=O) groups excluding carboxylic acids is 1. The largest absolute Gasteiger partial charge is 0.337 e. The van der Waals surface area contributed by atoms with Gasteiger partial charge in [0, 0.05) is 43.3 Å². The van der Waals surface area contributed by atoms with Crippen molar-refractivity contribution in [2.45, 2.75) is 56.0 Å². The van der Waals surface area contributed by atoms with Gasteiger partial charge in [-0.3, -0.25) is 4.79 Å². The molecule has 0 bridgehead atoms. The minimum atomic E-state index is -3.66. The fraction of sp³-hybridized carbons (Fsp3) is 0.650. The van der Waals surface area contributed by atoms with Crippen LogP contribution in [-0.4, -0.2) is 61.8 Å². The Morgan fingerprint density at radius 3 is 2.54 bits per heavy atom. The SMILES string of the molecule is CC1CNCCN1C(=O)C1([C@H]2CCCCN2S(=O)(=O)c2ccc(Cl)cc2)CC1. The lowest BCUT2D eigenvalue weighted by atomic mass is 9.87. The van der Waals surface area contributed by atoms with Gasteiger partial charge in [0.1, 0.15) is 0 Å². The molecule has 1 aromatic carbocycles. The summed E-state index contributed by atoms with van der Waals surface area (Å²) in [5.41, 5.74) is -0.550. The van der Waals surface area contributed by atoms with Crippen LogP contribution in [0.2, 0.25) is 5.02 Å². The third-order valence-electron chi connectivity index (χ3n) is 6.49. The lowest BCUT2D eigenvalue weighted by Gasteiger charge is -2.43. The quantitative estimate of drug-likeness (QED) is 0.804. The maximum absolute atomic E-state index is 13.5. The van der Waals surface area contributed by atoms with Crippen LogP contribution in [0.15, 0.2) is 29.2 Å². The van der Waals surface area contributed by atoms with E-state index in [1.54, 1.807) is 28.6 Å². The maximum atomic E-state index is 13.5. The second kappa shape index (κ2) is 7.59. The van der Waals surface area contributed by atoms with Crippen LogP contribution >= 0.6 is 11.6 Å². The fourth-order valence-corrected chi connectivity index (χ4v) is 6.63. The van der Waals surface area contributed by atoms with E-state index in [9.17, 15) is 13.2 Å². The summed E-state index contributed by atoms with van der Waals surface area (Å²) in [7, 11) is -3.66. The van der Waals surface area contributed by atoms with Crippen molar-refractivity contribution in [3.05, 3.63) is 29.3 Å². The van der Waals surface area contributed by atoms with Gasteiger partial charge in [-0.2, -0.15) is 4.31 Å². The summed E-state index contributed by atoms with van der Waals surface area (Å²) in [6.45, 7) is 4.81. The van der Waals surface area contributed by atoms with Gasteiger partial charge in [-0.15, -0.1) is 0 Å². The molecule has 2 aliphatic heterocycles. The number of carbonyl (C=O) groups is 1. The molecule has 2 atom stereocenters. The van der Waals surface area contributed by atoms with Gasteiger partial charge in [-0.05, 0) is 56.9 Å². The van der Waals surface area contributed by atoms with Crippen LogP contribution < -0.4 is 5.32 Å². The minimum absolute atomic E-state index is 0.142. The molecule has 1 aliphatic carbocycles. The number of sulfonamides is 1. The summed E-state index contributed by atoms with van der Waals surface area (Å²) >= 11 is 5.94. The van der Waals surface area contributed by atoms with E-state index in [4.69, 9.17) is 11.6 Å². The van der Waals surface area contributed by atoms with E-state index in [1.807, 2.05) is 4.90 Å². The van der Waals surface area contributed by atoms with E-state index in [0.29, 0.717) is 18.1 Å². The third kappa shape index (κ3) is 3.47. The Bertz CT molecular complexity index is 839. The number of halogens is 1. The molecule has 0 radical (unpaired) electrons. The molecule has 6 nitrogen and oxygen atoms in total. The lowest BCUT2D eigenvalue weighted by molar-refractivity contribution is -0.142. The zero-order chi connectivity index (χ0) is 19.9. The molecule has 4 rings (SSSR count). The summed E-state index contributed by atoms with van der Waals surface area (Å²) in [4.78, 5) is 15.7. The Labute approximate surface area is 172 Å². The summed E-state index contributed by atoms with van der Waals surface area (Å²) < 4.78 is 28.4. The molecule has 2 saturated heterocycles. The second-order valence-corrected chi connectivity index (χ2v) is 10.6. The van der Waals surface area contributed by atoms with Gasteiger partial charge in [0.25, 0.3) is 0 Å². The highest BCUT2D eigenvalue weighted by molar-refractivity contribution is 7.89. The number of nitrogens with one attached hydrogen (secondary N) is 1. The van der Waals surface area contributed by atoms with E-state index < -0.39 is 15.4 Å². The highest BCUT2D eigenvalue weighted by atomic mass is 35.5. The summed E-state index contributed by atoms with van der Waals surface area (Å²) in [6, 6.07) is 6.22. The van der Waals surface area contributed by atoms with Crippen molar-refractivity contribution in [1.29, 1.82) is 0 Å². The standard InChI is InChI=1S/C20H28ClN3O3S/c1-15-14-22-11-13-23(15)19(25)20(9-10-20)18-4-2-3-12-24(18)28(26,27)17-7-5-16(21)6-8-17/h5-8,15,18,22H,2-4,9-14H2,1H3/t15?,18-/m1/s1. The second-order valence-electron chi connectivity index (χ2n) is 8.29. The average molecular weight is 426 g/mol. The van der Waals surface area contributed by atoms with Crippen molar-refractivity contribution < 1.29 is 13.2 Å². The van der Waals surface area contributed by atoms with Crippen LogP contribution in [0.25, 0.3) is 0 Å². The van der Waals surface area contributed by atoms with Gasteiger partial charge in [0.05, 0.1) is 10.3 Å². The molecule has 1 amide bonds. The smallest absolute Gasteiger partial charge is 0.243 e. The Kier molecular flexibility index (Phi) is 5.46. The molecule has 0 aromatic heterocycles. The van der Waals surface area contributed by atoms with Crippen molar-refractivity contribution in [2.24, 2.45) is 5.41 Å².